The van der Waals surface area contributed by atoms with Gasteiger partial charge >= 0.3 is 12.0 Å². The van der Waals surface area contributed by atoms with Crippen molar-refractivity contribution in [1.29, 1.82) is 0 Å². The smallest absolute Gasteiger partial charge is 0.375 e. The van der Waals surface area contributed by atoms with Crippen LogP contribution in [0.25, 0.3) is 11.0 Å². The normalized spacial score (nSPS) is 15.1. The molecule has 1 atom stereocenters. The van der Waals surface area contributed by atoms with Gasteiger partial charge in [0.05, 0.1) is 6.61 Å². The lowest BCUT2D eigenvalue weighted by atomic mass is 10.1. The highest BCUT2D eigenvalue weighted by molar-refractivity contribution is 6.00. The quantitative estimate of drug-likeness (QED) is 0.717. The first kappa shape index (κ1) is 20.7. The third kappa shape index (κ3) is 4.88. The van der Waals surface area contributed by atoms with Crippen LogP contribution in [0.1, 0.15) is 55.6 Å². The van der Waals surface area contributed by atoms with Crippen LogP contribution < -0.4 is 15.4 Å². The van der Waals surface area contributed by atoms with Gasteiger partial charge in [0, 0.05) is 17.0 Å². The predicted octanol–water partition coefficient (Wildman–Crippen LogP) is 3.45. The number of carbonyl (C=O) groups excluding carboxylic acids is 3. The Morgan fingerprint density at radius 1 is 1.24 bits per heavy atom. The van der Waals surface area contributed by atoms with Crippen molar-refractivity contribution in [3.8, 4) is 5.75 Å². The van der Waals surface area contributed by atoms with E-state index < -0.39 is 24.0 Å². The lowest BCUT2D eigenvalue weighted by Gasteiger charge is -2.15. The summed E-state index contributed by atoms with van der Waals surface area (Å²) in [5.74, 6) is -0.773. The number of carbonyl (C=O) groups is 3. The average Bonchev–Trinajstić information content (AvgIpc) is 3.30. The summed E-state index contributed by atoms with van der Waals surface area (Å²) in [6.07, 6.45) is 2.79. The van der Waals surface area contributed by atoms with Crippen LogP contribution in [0.5, 0.6) is 5.75 Å². The van der Waals surface area contributed by atoms with E-state index in [9.17, 15) is 14.4 Å². The van der Waals surface area contributed by atoms with Crippen molar-refractivity contribution in [2.24, 2.45) is 0 Å². The van der Waals surface area contributed by atoms with Gasteiger partial charge in [0.1, 0.15) is 11.3 Å². The van der Waals surface area contributed by atoms with Gasteiger partial charge in [0.2, 0.25) is 5.76 Å². The van der Waals surface area contributed by atoms with Crippen molar-refractivity contribution in [3.63, 3.8) is 0 Å². The minimum Gasteiger partial charge on any atom is -0.494 e. The molecule has 1 fully saturated rings. The number of hydrogen-bond acceptors (Lipinski definition) is 6. The van der Waals surface area contributed by atoms with Gasteiger partial charge in [-0.1, -0.05) is 12.8 Å². The Morgan fingerprint density at radius 2 is 1.97 bits per heavy atom. The number of ether oxygens (including phenoxy) is 2. The molecule has 0 spiro atoms. The summed E-state index contributed by atoms with van der Waals surface area (Å²) in [6.45, 7) is 5.55. The number of urea groups is 1. The molecule has 0 radical (unpaired) electrons. The van der Waals surface area contributed by atoms with Crippen LogP contribution in [0.4, 0.5) is 4.79 Å². The van der Waals surface area contributed by atoms with Crippen LogP contribution in [0.2, 0.25) is 0 Å². The second kappa shape index (κ2) is 8.98. The van der Waals surface area contributed by atoms with Crippen molar-refractivity contribution in [2.75, 3.05) is 6.61 Å². The first-order valence-corrected chi connectivity index (χ1v) is 9.87. The second-order valence-electron chi connectivity index (χ2n) is 7.14. The Kier molecular flexibility index (Phi) is 6.41. The number of rotatable bonds is 6. The van der Waals surface area contributed by atoms with Gasteiger partial charge in [-0.05, 0) is 51.8 Å². The summed E-state index contributed by atoms with van der Waals surface area (Å²) in [7, 11) is 0. The van der Waals surface area contributed by atoms with Crippen LogP contribution in [0.3, 0.4) is 0 Å². The highest BCUT2D eigenvalue weighted by Gasteiger charge is 2.26. The van der Waals surface area contributed by atoms with Crippen molar-refractivity contribution < 1.29 is 28.3 Å². The Balaban J connectivity index is 1.61. The molecule has 1 aliphatic rings. The van der Waals surface area contributed by atoms with Crippen LogP contribution >= 0.6 is 0 Å². The van der Waals surface area contributed by atoms with E-state index in [0.29, 0.717) is 23.5 Å². The van der Waals surface area contributed by atoms with Gasteiger partial charge in [0.15, 0.2) is 6.10 Å². The molecule has 1 aliphatic carbocycles. The number of fused-ring (bicyclic) bond motifs is 1. The molecule has 8 nitrogen and oxygen atoms in total. The topological polar surface area (TPSA) is 107 Å². The summed E-state index contributed by atoms with van der Waals surface area (Å²) in [5.41, 5.74) is 1.11. The zero-order valence-electron chi connectivity index (χ0n) is 16.9. The Bertz CT molecular complexity index is 913. The SMILES string of the molecule is CCOc1ccc2oc(C(=O)O[C@H](C)C(=O)NC(=O)NC3CCCC3)c(C)c2c1. The van der Waals surface area contributed by atoms with E-state index in [0.717, 1.165) is 31.1 Å². The minimum absolute atomic E-state index is 0.0173. The molecule has 156 valence electrons. The summed E-state index contributed by atoms with van der Waals surface area (Å²) < 4.78 is 16.3. The van der Waals surface area contributed by atoms with Crippen LogP contribution in [-0.2, 0) is 9.53 Å². The zero-order chi connectivity index (χ0) is 21.0. The molecule has 1 heterocycles. The highest BCUT2D eigenvalue weighted by Crippen LogP contribution is 2.29. The molecule has 2 aromatic rings. The van der Waals surface area contributed by atoms with Gasteiger partial charge in [-0.25, -0.2) is 9.59 Å². The Labute approximate surface area is 168 Å². The molecule has 3 amide bonds. The van der Waals surface area contributed by atoms with Crippen molar-refractivity contribution in [2.45, 2.75) is 58.6 Å². The van der Waals surface area contributed by atoms with Gasteiger partial charge in [-0.15, -0.1) is 0 Å². The molecule has 1 saturated carbocycles. The monoisotopic (exact) mass is 402 g/mol. The number of aryl methyl sites for hydroxylation is 1. The number of imide groups is 1. The van der Waals surface area contributed by atoms with E-state index in [1.807, 2.05) is 6.92 Å². The largest absolute Gasteiger partial charge is 0.494 e. The summed E-state index contributed by atoms with van der Waals surface area (Å²) in [6, 6.07) is 4.77. The van der Waals surface area contributed by atoms with E-state index in [1.165, 1.54) is 6.92 Å². The highest BCUT2D eigenvalue weighted by atomic mass is 16.6. The number of hydrogen-bond donors (Lipinski definition) is 2. The van der Waals surface area contributed by atoms with E-state index in [1.54, 1.807) is 25.1 Å². The molecular weight excluding hydrogens is 376 g/mol. The number of esters is 1. The van der Waals surface area contributed by atoms with Gasteiger partial charge in [-0.3, -0.25) is 10.1 Å². The molecule has 29 heavy (non-hydrogen) atoms. The molecule has 1 aromatic heterocycles. The van der Waals surface area contributed by atoms with Crippen molar-refractivity contribution in [1.82, 2.24) is 10.6 Å². The fourth-order valence-electron chi connectivity index (χ4n) is 3.42. The fraction of sp³-hybridized carbons (Fsp3) is 0.476. The van der Waals surface area contributed by atoms with Gasteiger partial charge in [-0.2, -0.15) is 0 Å². The number of nitrogens with one attached hydrogen (secondary N) is 2. The van der Waals surface area contributed by atoms with E-state index >= 15 is 0 Å². The molecular formula is C21H26N2O6. The second-order valence-corrected chi connectivity index (χ2v) is 7.14. The third-order valence-electron chi connectivity index (χ3n) is 4.98. The molecule has 0 unspecified atom stereocenters. The molecule has 3 rings (SSSR count). The Morgan fingerprint density at radius 3 is 2.66 bits per heavy atom. The van der Waals surface area contributed by atoms with Gasteiger partial charge in [0.25, 0.3) is 5.91 Å². The van der Waals surface area contributed by atoms with E-state index in [-0.39, 0.29) is 11.8 Å². The minimum atomic E-state index is -1.15. The molecule has 1 aromatic carbocycles. The Hall–Kier alpha value is -3.03. The van der Waals surface area contributed by atoms with Crippen molar-refractivity contribution >= 4 is 28.9 Å². The molecule has 0 bridgehead atoms. The molecule has 8 heteroatoms. The first-order chi connectivity index (χ1) is 13.9. The molecule has 2 N–H and O–H groups in total. The van der Waals surface area contributed by atoms with Crippen molar-refractivity contribution in [3.05, 3.63) is 29.5 Å². The molecule has 0 saturated heterocycles. The third-order valence-corrected chi connectivity index (χ3v) is 4.98. The van der Waals surface area contributed by atoms with Gasteiger partial charge < -0.3 is 19.2 Å². The molecule has 0 aliphatic heterocycles. The van der Waals surface area contributed by atoms with E-state index in [2.05, 4.69) is 10.6 Å². The maximum absolute atomic E-state index is 12.5. The lowest BCUT2D eigenvalue weighted by Crippen LogP contribution is -2.47. The summed E-state index contributed by atoms with van der Waals surface area (Å²) in [5, 5.41) is 5.70. The zero-order valence-corrected chi connectivity index (χ0v) is 16.9. The first-order valence-electron chi connectivity index (χ1n) is 9.87. The maximum Gasteiger partial charge on any atom is 0.375 e. The fourth-order valence-corrected chi connectivity index (χ4v) is 3.42. The average molecular weight is 402 g/mol. The van der Waals surface area contributed by atoms with Crippen LogP contribution in [-0.4, -0.2) is 36.7 Å². The lowest BCUT2D eigenvalue weighted by molar-refractivity contribution is -0.128. The predicted molar refractivity (Wildman–Crippen MR) is 106 cm³/mol. The van der Waals surface area contributed by atoms with Crippen LogP contribution in [0.15, 0.2) is 22.6 Å². The van der Waals surface area contributed by atoms with Crippen LogP contribution in [0, 0.1) is 6.92 Å². The maximum atomic E-state index is 12.5. The summed E-state index contributed by atoms with van der Waals surface area (Å²) >= 11 is 0. The summed E-state index contributed by atoms with van der Waals surface area (Å²) in [4.78, 5) is 36.6. The number of benzene rings is 1. The number of furan rings is 1. The number of amides is 3. The standard InChI is InChI=1S/C21H26N2O6/c1-4-27-15-9-10-17-16(11-15)12(2)18(29-17)20(25)28-13(3)19(24)23-21(26)22-14-7-5-6-8-14/h9-11,13-14H,4-8H2,1-3H3,(H2,22,23,24,26)/t13-/m1/s1. The van der Waals surface area contributed by atoms with E-state index in [4.69, 9.17) is 13.9 Å².